The highest BCUT2D eigenvalue weighted by Gasteiger charge is 2.29. The van der Waals surface area contributed by atoms with E-state index in [1.807, 2.05) is 52.6 Å². The van der Waals surface area contributed by atoms with Crippen molar-refractivity contribution in [2.45, 2.75) is 13.1 Å². The molecule has 9 heteroatoms. The summed E-state index contributed by atoms with van der Waals surface area (Å²) in [6.45, 7) is 0.721. The Hall–Kier alpha value is -1.94. The van der Waals surface area contributed by atoms with Gasteiger partial charge in [0.05, 0.1) is 11.4 Å². The molecule has 0 aliphatic carbocycles. The molecule has 0 unspecified atom stereocenters. The fourth-order valence-corrected chi connectivity index (χ4v) is 5.22. The minimum absolute atomic E-state index is 0.0651. The van der Waals surface area contributed by atoms with E-state index in [1.54, 1.807) is 18.4 Å². The zero-order chi connectivity index (χ0) is 20.5. The largest absolute Gasteiger partial charge is 0.350 e. The quantitative estimate of drug-likeness (QED) is 0.406. The Morgan fingerprint density at radius 1 is 1.34 bits per heavy atom. The van der Waals surface area contributed by atoms with E-state index in [9.17, 15) is 9.59 Å². The van der Waals surface area contributed by atoms with Crippen molar-refractivity contribution in [2.75, 3.05) is 7.05 Å². The van der Waals surface area contributed by atoms with Crippen molar-refractivity contribution in [3.8, 4) is 0 Å². The molecule has 0 bridgehead atoms. The average Bonchev–Trinajstić information content (AvgIpc) is 3.38. The van der Waals surface area contributed by atoms with E-state index in [-0.39, 0.29) is 18.4 Å². The van der Waals surface area contributed by atoms with Crippen LogP contribution in [0.25, 0.3) is 17.0 Å². The van der Waals surface area contributed by atoms with Crippen LogP contribution in [0, 0.1) is 0 Å². The van der Waals surface area contributed by atoms with Gasteiger partial charge in [-0.3, -0.25) is 14.5 Å². The maximum Gasteiger partial charge on any atom is 0.265 e. The molecule has 5 nitrogen and oxygen atoms in total. The number of benzene rings is 1. The molecule has 0 spiro atoms. The van der Waals surface area contributed by atoms with Crippen molar-refractivity contribution in [3.05, 3.63) is 61.7 Å². The third-order valence-electron chi connectivity index (χ3n) is 4.50. The molecule has 1 aliphatic rings. The maximum absolute atomic E-state index is 12.5. The first kappa shape index (κ1) is 20.3. The normalized spacial score (nSPS) is 15.7. The number of likely N-dealkylation sites (N-methyl/N-ethyl adjacent to an activating group) is 1. The summed E-state index contributed by atoms with van der Waals surface area (Å²) in [6, 6.07) is 9.87. The predicted octanol–water partition coefficient (Wildman–Crippen LogP) is 4.61. The fourth-order valence-electron chi connectivity index (χ4n) is 3.04. The number of hydrogen-bond donors (Lipinski definition) is 1. The standard InChI is InChI=1S/C20H16BrN3O2S3/c1-23-19(26)17(29-20(23)27)7-12-10-24(16-5-4-13(21)8-15(12)16)11-18(25)22-9-14-3-2-6-28-14/h2-8,10H,9,11H2,1H3,(H,22,25)/b17-7-. The van der Waals surface area contributed by atoms with Gasteiger partial charge < -0.3 is 9.88 Å². The lowest BCUT2D eigenvalue weighted by Crippen LogP contribution is -2.26. The molecular formula is C20H16BrN3O2S3. The van der Waals surface area contributed by atoms with Crippen molar-refractivity contribution in [3.63, 3.8) is 0 Å². The molecule has 0 radical (unpaired) electrons. The highest BCUT2D eigenvalue weighted by atomic mass is 79.9. The summed E-state index contributed by atoms with van der Waals surface area (Å²) in [4.78, 5) is 28.0. The molecule has 1 saturated heterocycles. The number of thiocarbonyl (C=S) groups is 1. The number of hydrogen-bond acceptors (Lipinski definition) is 5. The van der Waals surface area contributed by atoms with E-state index in [2.05, 4.69) is 21.2 Å². The van der Waals surface area contributed by atoms with Crippen LogP contribution in [0.1, 0.15) is 10.4 Å². The van der Waals surface area contributed by atoms with Gasteiger partial charge in [0.25, 0.3) is 5.91 Å². The average molecular weight is 506 g/mol. The zero-order valence-corrected chi connectivity index (χ0v) is 19.4. The van der Waals surface area contributed by atoms with Crippen molar-refractivity contribution in [2.24, 2.45) is 0 Å². The van der Waals surface area contributed by atoms with Crippen LogP contribution in [0.4, 0.5) is 0 Å². The third kappa shape index (κ3) is 4.32. The number of nitrogens with one attached hydrogen (secondary N) is 1. The van der Waals surface area contributed by atoms with Gasteiger partial charge in [-0.1, -0.05) is 46.0 Å². The lowest BCUT2D eigenvalue weighted by atomic mass is 10.1. The lowest BCUT2D eigenvalue weighted by molar-refractivity contribution is -0.122. The Labute approximate surface area is 189 Å². The van der Waals surface area contributed by atoms with Crippen LogP contribution in [0.15, 0.2) is 51.3 Å². The lowest BCUT2D eigenvalue weighted by Gasteiger charge is -2.06. The van der Waals surface area contributed by atoms with Gasteiger partial charge in [-0.25, -0.2) is 0 Å². The van der Waals surface area contributed by atoms with Crippen molar-refractivity contribution >= 4 is 84.4 Å². The van der Waals surface area contributed by atoms with E-state index in [4.69, 9.17) is 12.2 Å². The molecule has 2 amide bonds. The zero-order valence-electron chi connectivity index (χ0n) is 15.3. The molecule has 29 heavy (non-hydrogen) atoms. The monoisotopic (exact) mass is 505 g/mol. The van der Waals surface area contributed by atoms with E-state index >= 15 is 0 Å². The number of nitrogens with zero attached hydrogens (tertiary/aromatic N) is 2. The Morgan fingerprint density at radius 2 is 2.17 bits per heavy atom. The Balaban J connectivity index is 1.63. The molecule has 3 heterocycles. The van der Waals surface area contributed by atoms with Crippen LogP contribution in [0.5, 0.6) is 0 Å². The SMILES string of the molecule is CN1C(=O)/C(=C/c2cn(CC(=O)NCc3cccs3)c3ccc(Br)cc23)SC1=S. The van der Waals surface area contributed by atoms with Crippen LogP contribution >= 0.6 is 51.2 Å². The molecule has 1 aromatic carbocycles. The Morgan fingerprint density at radius 3 is 2.86 bits per heavy atom. The minimum atomic E-state index is -0.107. The number of rotatable bonds is 5. The van der Waals surface area contributed by atoms with Crippen LogP contribution in [0.2, 0.25) is 0 Å². The van der Waals surface area contributed by atoms with Crippen LogP contribution in [0.3, 0.4) is 0 Å². The smallest absolute Gasteiger partial charge is 0.265 e. The second-order valence-electron chi connectivity index (χ2n) is 6.47. The van der Waals surface area contributed by atoms with Gasteiger partial charge in [0.1, 0.15) is 10.9 Å². The molecule has 4 rings (SSSR count). The topological polar surface area (TPSA) is 54.3 Å². The van der Waals surface area contributed by atoms with Gasteiger partial charge in [0, 0.05) is 39.1 Å². The predicted molar refractivity (Wildman–Crippen MR) is 127 cm³/mol. The van der Waals surface area contributed by atoms with E-state index in [1.165, 1.54) is 16.7 Å². The highest BCUT2D eigenvalue weighted by molar-refractivity contribution is 9.10. The molecule has 3 aromatic rings. The number of amides is 2. The summed E-state index contributed by atoms with van der Waals surface area (Å²) in [5, 5.41) is 5.91. The molecule has 1 fully saturated rings. The molecule has 0 saturated carbocycles. The second kappa shape index (κ2) is 8.43. The number of thiophene rings is 1. The molecule has 148 valence electrons. The van der Waals surface area contributed by atoms with Gasteiger partial charge in [-0.05, 0) is 35.7 Å². The highest BCUT2D eigenvalue weighted by Crippen LogP contribution is 2.34. The number of halogens is 1. The Kier molecular flexibility index (Phi) is 5.91. The summed E-state index contributed by atoms with van der Waals surface area (Å²) in [7, 11) is 1.68. The van der Waals surface area contributed by atoms with Crippen LogP contribution in [-0.2, 0) is 22.7 Å². The summed E-state index contributed by atoms with van der Waals surface area (Å²) < 4.78 is 3.38. The molecule has 1 N–H and O–H groups in total. The van der Waals surface area contributed by atoms with Gasteiger partial charge in [0.15, 0.2) is 0 Å². The minimum Gasteiger partial charge on any atom is -0.350 e. The van der Waals surface area contributed by atoms with Gasteiger partial charge in [-0.2, -0.15) is 0 Å². The van der Waals surface area contributed by atoms with E-state index < -0.39 is 0 Å². The first-order chi connectivity index (χ1) is 13.9. The van der Waals surface area contributed by atoms with E-state index in [0.717, 1.165) is 25.8 Å². The second-order valence-corrected chi connectivity index (χ2v) is 10.1. The van der Waals surface area contributed by atoms with Crippen LogP contribution in [-0.4, -0.2) is 32.6 Å². The number of carbonyl (C=O) groups is 2. The summed E-state index contributed by atoms with van der Waals surface area (Å²) in [5.41, 5.74) is 1.80. The van der Waals surface area contributed by atoms with Crippen molar-refractivity contribution in [1.29, 1.82) is 0 Å². The first-order valence-corrected chi connectivity index (χ1v) is 11.6. The van der Waals surface area contributed by atoms with E-state index in [0.29, 0.717) is 15.8 Å². The third-order valence-corrected chi connectivity index (χ3v) is 7.36. The Bertz CT molecular complexity index is 1150. The number of carbonyl (C=O) groups excluding carboxylic acids is 2. The van der Waals surface area contributed by atoms with Gasteiger partial charge in [0.2, 0.25) is 5.91 Å². The van der Waals surface area contributed by atoms with Crippen molar-refractivity contribution in [1.82, 2.24) is 14.8 Å². The maximum atomic E-state index is 12.5. The fraction of sp³-hybridized carbons (Fsp3) is 0.150. The molecule has 1 aliphatic heterocycles. The van der Waals surface area contributed by atoms with Gasteiger partial charge in [-0.15, -0.1) is 11.3 Å². The van der Waals surface area contributed by atoms with Crippen molar-refractivity contribution < 1.29 is 9.59 Å². The summed E-state index contributed by atoms with van der Waals surface area (Å²) in [6.07, 6.45) is 3.75. The first-order valence-electron chi connectivity index (χ1n) is 8.71. The summed E-state index contributed by atoms with van der Waals surface area (Å²) >= 11 is 11.6. The number of aromatic nitrogens is 1. The van der Waals surface area contributed by atoms with Gasteiger partial charge >= 0.3 is 0 Å². The number of fused-ring (bicyclic) bond motifs is 1. The molecule has 0 atom stereocenters. The number of thioether (sulfide) groups is 1. The molecular weight excluding hydrogens is 490 g/mol. The van der Waals surface area contributed by atoms with Crippen LogP contribution < -0.4 is 5.32 Å². The molecule has 2 aromatic heterocycles. The summed E-state index contributed by atoms with van der Waals surface area (Å²) in [5.74, 6) is -0.172.